The van der Waals surface area contributed by atoms with E-state index in [1.165, 1.54) is 11.1 Å². The normalized spacial score (nSPS) is 9.05. The highest BCUT2D eigenvalue weighted by atomic mass is 27.0. The number of benzene rings is 2. The van der Waals surface area contributed by atoms with Crippen LogP contribution in [0.2, 0.25) is 0 Å². The van der Waals surface area contributed by atoms with Crippen molar-refractivity contribution in [3.63, 3.8) is 0 Å². The van der Waals surface area contributed by atoms with E-state index >= 15 is 0 Å². The summed E-state index contributed by atoms with van der Waals surface area (Å²) in [6.07, 6.45) is 0. The predicted octanol–water partition coefficient (Wildman–Crippen LogP) is 3.35. The molecule has 0 spiro atoms. The first-order valence-corrected chi connectivity index (χ1v) is 6.65. The summed E-state index contributed by atoms with van der Waals surface area (Å²) in [6, 6.07) is 17.8. The zero-order valence-corrected chi connectivity index (χ0v) is 14.3. The highest BCUT2D eigenvalue weighted by molar-refractivity contribution is 5.84. The highest BCUT2D eigenvalue weighted by Gasteiger charge is 1.98. The van der Waals surface area contributed by atoms with Crippen LogP contribution in [-0.2, 0) is 0 Å². The van der Waals surface area contributed by atoms with E-state index in [-0.39, 0.29) is 28.6 Å². The Balaban J connectivity index is 0.000000393. The zero-order chi connectivity index (χ0) is 14.5. The maximum atomic E-state index is 9.43. The van der Waals surface area contributed by atoms with Crippen molar-refractivity contribution < 1.29 is 10.6 Å². The number of hydrogen-bond acceptors (Lipinski definition) is 2. The molecule has 0 saturated heterocycles. The fourth-order valence-electron chi connectivity index (χ4n) is 1.87. The van der Waals surface area contributed by atoms with Gasteiger partial charge in [-0.1, -0.05) is 53.6 Å². The molecular weight excluding hydrogens is 289 g/mol. The maximum Gasteiger partial charge on any atom is 0.141 e. The van der Waals surface area contributed by atoms with Crippen LogP contribution in [0.15, 0.2) is 54.6 Å². The lowest BCUT2D eigenvalue weighted by atomic mass is 10.2. The Morgan fingerprint density at radius 2 is 1.32 bits per heavy atom. The van der Waals surface area contributed by atoms with Crippen molar-refractivity contribution in [1.29, 1.82) is 0 Å². The van der Waals surface area contributed by atoms with Crippen LogP contribution in [-0.4, -0.2) is 32.9 Å². The highest BCUT2D eigenvalue weighted by Crippen LogP contribution is 2.21. The molecule has 3 N–H and O–H groups in total. The van der Waals surface area contributed by atoms with Crippen LogP contribution in [0.4, 0.5) is 0 Å². The molecule has 0 amide bonds. The molecule has 0 fully saturated rings. The van der Waals surface area contributed by atoms with Gasteiger partial charge < -0.3 is 10.6 Å². The van der Waals surface area contributed by atoms with Crippen LogP contribution >= 0.6 is 0 Å². The van der Waals surface area contributed by atoms with Crippen molar-refractivity contribution in [2.75, 3.05) is 0 Å². The summed E-state index contributed by atoms with van der Waals surface area (Å²) in [6.45, 7) is 6.10. The van der Waals surface area contributed by atoms with Crippen molar-refractivity contribution in [1.82, 2.24) is 4.98 Å². The molecule has 4 heteroatoms. The Kier molecular flexibility index (Phi) is 8.44. The summed E-state index contributed by atoms with van der Waals surface area (Å²) < 4.78 is 0. The molecule has 0 unspecified atom stereocenters. The van der Waals surface area contributed by atoms with Crippen LogP contribution in [0, 0.1) is 20.8 Å². The Morgan fingerprint density at radius 3 is 1.86 bits per heavy atom. The summed E-state index contributed by atoms with van der Waals surface area (Å²) >= 11 is 0. The van der Waals surface area contributed by atoms with E-state index in [9.17, 15) is 5.11 Å². The van der Waals surface area contributed by atoms with Gasteiger partial charge in [-0.15, -0.1) is 0 Å². The van der Waals surface area contributed by atoms with Gasteiger partial charge in [0.25, 0.3) is 0 Å². The predicted molar refractivity (Wildman–Crippen MR) is 93.4 cm³/mol. The maximum absolute atomic E-state index is 9.43. The van der Waals surface area contributed by atoms with Gasteiger partial charge in [0, 0.05) is 28.4 Å². The van der Waals surface area contributed by atoms with Gasteiger partial charge in [0.1, 0.15) is 11.3 Å². The first kappa shape index (κ1) is 20.1. The first-order chi connectivity index (χ1) is 9.56. The van der Waals surface area contributed by atoms with E-state index in [1.807, 2.05) is 31.2 Å². The van der Waals surface area contributed by atoms with Crippen molar-refractivity contribution in [3.8, 4) is 5.75 Å². The summed E-state index contributed by atoms with van der Waals surface area (Å²) in [5.74, 6) is 0.246. The number of nitrogens with zero attached hydrogens (tertiary/aromatic N) is 1. The summed E-state index contributed by atoms with van der Waals surface area (Å²) in [5, 5.41) is 10.4. The fraction of sp³-hybridized carbons (Fsp3) is 0.167. The molecule has 0 aliphatic rings. The van der Waals surface area contributed by atoms with E-state index in [0.717, 1.165) is 11.1 Å². The number of phenols is 1. The molecule has 0 aliphatic heterocycles. The molecular formula is C18H21AlNO2. The van der Waals surface area contributed by atoms with E-state index < -0.39 is 0 Å². The largest absolute Gasteiger partial charge is 0.506 e. The average molecular weight is 310 g/mol. The van der Waals surface area contributed by atoms with Crippen molar-refractivity contribution in [2.24, 2.45) is 0 Å². The van der Waals surface area contributed by atoms with Gasteiger partial charge in [-0.2, -0.15) is 0 Å². The van der Waals surface area contributed by atoms with Crippen LogP contribution in [0.1, 0.15) is 16.8 Å². The number of aromatic nitrogens is 1. The molecule has 1 aromatic heterocycles. The number of aromatic hydroxyl groups is 1. The summed E-state index contributed by atoms with van der Waals surface area (Å²) in [7, 11) is 0. The quantitative estimate of drug-likeness (QED) is 0.647. The third-order valence-electron chi connectivity index (χ3n) is 3.06. The Labute approximate surface area is 142 Å². The van der Waals surface area contributed by atoms with Gasteiger partial charge in [0.15, 0.2) is 0 Å². The smallest absolute Gasteiger partial charge is 0.141 e. The first-order valence-electron chi connectivity index (χ1n) is 6.65. The third-order valence-corrected chi connectivity index (χ3v) is 3.06. The average Bonchev–Trinajstić information content (AvgIpc) is 2.44. The standard InChI is InChI=1S/C10H9NO.C8H10.Al.H2O/c1-7-5-6-8-3-2-4-9(12)10(8)11-7;1-7-3-5-8(2)6-4-7;;/h2-6,12H,1H3;3-6H,1-2H3;;1H2. The number of aryl methyl sites for hydroxylation is 3. The van der Waals surface area contributed by atoms with Gasteiger partial charge in [0.05, 0.1) is 0 Å². The lowest BCUT2D eigenvalue weighted by molar-refractivity contribution is 0.480. The van der Waals surface area contributed by atoms with Gasteiger partial charge >= 0.3 is 0 Å². The van der Waals surface area contributed by atoms with E-state index in [2.05, 4.69) is 43.1 Å². The molecule has 1 heterocycles. The van der Waals surface area contributed by atoms with Crippen molar-refractivity contribution in [3.05, 3.63) is 71.4 Å². The van der Waals surface area contributed by atoms with Gasteiger partial charge in [-0.05, 0) is 32.9 Å². The van der Waals surface area contributed by atoms with E-state index in [4.69, 9.17) is 0 Å². The summed E-state index contributed by atoms with van der Waals surface area (Å²) in [4.78, 5) is 4.23. The second-order valence-corrected chi connectivity index (χ2v) is 4.96. The lowest BCUT2D eigenvalue weighted by Crippen LogP contribution is -1.82. The zero-order valence-electron chi connectivity index (χ0n) is 13.2. The van der Waals surface area contributed by atoms with Crippen LogP contribution in [0.5, 0.6) is 5.75 Å². The molecule has 3 rings (SSSR count). The Morgan fingerprint density at radius 1 is 0.773 bits per heavy atom. The molecule has 3 radical (unpaired) electrons. The lowest BCUT2D eigenvalue weighted by Gasteiger charge is -1.99. The molecule has 0 aliphatic carbocycles. The fourth-order valence-corrected chi connectivity index (χ4v) is 1.87. The molecule has 0 atom stereocenters. The van der Waals surface area contributed by atoms with Gasteiger partial charge in [-0.25, -0.2) is 4.98 Å². The Hall–Kier alpha value is -1.86. The minimum Gasteiger partial charge on any atom is -0.506 e. The molecule has 113 valence electrons. The number of rotatable bonds is 0. The van der Waals surface area contributed by atoms with Gasteiger partial charge in [0.2, 0.25) is 0 Å². The van der Waals surface area contributed by atoms with Crippen molar-refractivity contribution in [2.45, 2.75) is 20.8 Å². The second-order valence-electron chi connectivity index (χ2n) is 4.96. The summed E-state index contributed by atoms with van der Waals surface area (Å²) in [5.41, 5.74) is 4.26. The number of hydrogen-bond donors (Lipinski definition) is 1. The SMILES string of the molecule is Cc1ccc(C)cc1.Cc1ccc2cccc(O)c2n1.O.[Al]. The molecule has 3 nitrogen and oxygen atoms in total. The monoisotopic (exact) mass is 310 g/mol. The topological polar surface area (TPSA) is 64.6 Å². The number of fused-ring (bicyclic) bond motifs is 1. The van der Waals surface area contributed by atoms with Crippen LogP contribution in [0.25, 0.3) is 10.9 Å². The molecule has 0 bridgehead atoms. The minimum atomic E-state index is 0. The minimum absolute atomic E-state index is 0. The Bertz CT molecular complexity index is 691. The van der Waals surface area contributed by atoms with Crippen LogP contribution in [0.3, 0.4) is 0 Å². The van der Waals surface area contributed by atoms with E-state index in [0.29, 0.717) is 5.52 Å². The molecule has 2 aromatic carbocycles. The molecule has 22 heavy (non-hydrogen) atoms. The number of phenolic OH excluding ortho intramolecular Hbond substituents is 1. The molecule has 3 aromatic rings. The second kappa shape index (κ2) is 9.22. The van der Waals surface area contributed by atoms with E-state index in [1.54, 1.807) is 6.07 Å². The number of para-hydroxylation sites is 1. The molecule has 0 saturated carbocycles. The third kappa shape index (κ3) is 5.50. The van der Waals surface area contributed by atoms with Gasteiger partial charge in [-0.3, -0.25) is 0 Å². The number of pyridine rings is 1. The van der Waals surface area contributed by atoms with Crippen molar-refractivity contribution >= 4 is 28.3 Å². The van der Waals surface area contributed by atoms with Crippen LogP contribution < -0.4 is 0 Å².